The number of ether oxygens (including phenoxy) is 1. The van der Waals surface area contributed by atoms with Crippen molar-refractivity contribution in [3.05, 3.63) is 58.3 Å². The van der Waals surface area contributed by atoms with Crippen LogP contribution in [0.2, 0.25) is 0 Å². The molecule has 2 aromatic carbocycles. The third-order valence-corrected chi connectivity index (χ3v) is 7.56. The normalized spacial score (nSPS) is 19.1. The molecule has 1 fully saturated rings. The van der Waals surface area contributed by atoms with Crippen LogP contribution in [0, 0.1) is 5.82 Å². The molecule has 0 bridgehead atoms. The van der Waals surface area contributed by atoms with Gasteiger partial charge in [-0.25, -0.2) is 12.8 Å². The van der Waals surface area contributed by atoms with Crippen LogP contribution < -0.4 is 4.90 Å². The Kier molecular flexibility index (Phi) is 5.24. The summed E-state index contributed by atoms with van der Waals surface area (Å²) in [6, 6.07) is 11.4. The number of nitrogens with zero attached hydrogens (tertiary/aromatic N) is 2. The molecule has 0 aromatic heterocycles. The van der Waals surface area contributed by atoms with Gasteiger partial charge in [0.05, 0.1) is 11.5 Å². The highest BCUT2D eigenvalue weighted by atomic mass is 79.9. The number of fused-ring (bicyclic) bond motifs is 1. The van der Waals surface area contributed by atoms with E-state index in [-0.39, 0.29) is 10.9 Å². The van der Waals surface area contributed by atoms with Crippen molar-refractivity contribution in [3.8, 4) is 0 Å². The van der Waals surface area contributed by atoms with Crippen LogP contribution in [-0.2, 0) is 21.4 Å². The molecular weight excluding hydrogens is 435 g/mol. The number of rotatable bonds is 3. The topological polar surface area (TPSA) is 49.9 Å². The molecular formula is C19H20BrFN2O3S. The molecule has 0 aliphatic carbocycles. The van der Waals surface area contributed by atoms with Gasteiger partial charge in [-0.05, 0) is 55.3 Å². The first-order chi connectivity index (χ1) is 12.9. The molecule has 0 atom stereocenters. The van der Waals surface area contributed by atoms with Gasteiger partial charge in [-0.3, -0.25) is 0 Å². The summed E-state index contributed by atoms with van der Waals surface area (Å²) in [6.45, 7) is 1.98. The Morgan fingerprint density at radius 1 is 1.07 bits per heavy atom. The Morgan fingerprint density at radius 3 is 2.48 bits per heavy atom. The van der Waals surface area contributed by atoms with Crippen molar-refractivity contribution in [2.75, 3.05) is 24.7 Å². The Bertz CT molecular complexity index is 928. The number of halogens is 2. The van der Waals surface area contributed by atoms with Gasteiger partial charge in [0.2, 0.25) is 10.0 Å². The van der Waals surface area contributed by atoms with Gasteiger partial charge in [0.15, 0.2) is 0 Å². The first-order valence-electron chi connectivity index (χ1n) is 8.84. The Morgan fingerprint density at radius 2 is 1.78 bits per heavy atom. The van der Waals surface area contributed by atoms with Crippen LogP contribution in [0.25, 0.3) is 0 Å². The Balaban J connectivity index is 1.48. The summed E-state index contributed by atoms with van der Waals surface area (Å²) >= 11 is 3.49. The highest BCUT2D eigenvalue weighted by molar-refractivity contribution is 9.10. The minimum atomic E-state index is -3.59. The number of benzene rings is 2. The van der Waals surface area contributed by atoms with Crippen LogP contribution in [0.1, 0.15) is 18.4 Å². The van der Waals surface area contributed by atoms with Crippen molar-refractivity contribution < 1.29 is 17.5 Å². The van der Waals surface area contributed by atoms with Crippen molar-refractivity contribution in [1.82, 2.24) is 4.31 Å². The maximum absolute atomic E-state index is 13.1. The van der Waals surface area contributed by atoms with Crippen LogP contribution in [0.4, 0.5) is 10.1 Å². The number of hydrogen-bond acceptors (Lipinski definition) is 4. The number of piperidine rings is 1. The predicted octanol–water partition coefficient (Wildman–Crippen LogP) is 3.74. The van der Waals surface area contributed by atoms with Crippen LogP contribution in [0.15, 0.2) is 51.8 Å². The van der Waals surface area contributed by atoms with Gasteiger partial charge in [0, 0.05) is 34.9 Å². The highest BCUT2D eigenvalue weighted by Gasteiger charge is 2.33. The molecule has 0 saturated carbocycles. The molecule has 5 nitrogen and oxygen atoms in total. The molecule has 2 aliphatic heterocycles. The summed E-state index contributed by atoms with van der Waals surface area (Å²) < 4.78 is 46.9. The minimum absolute atomic E-state index is 0.138. The first kappa shape index (κ1) is 18.9. The molecule has 1 saturated heterocycles. The second kappa shape index (κ2) is 7.50. The summed E-state index contributed by atoms with van der Waals surface area (Å²) in [4.78, 5) is 2.37. The third-order valence-electron chi connectivity index (χ3n) is 5.15. The third kappa shape index (κ3) is 3.76. The van der Waals surface area contributed by atoms with E-state index in [1.807, 2.05) is 6.07 Å². The molecule has 0 unspecified atom stereocenters. The highest BCUT2D eigenvalue weighted by Crippen LogP contribution is 2.33. The van der Waals surface area contributed by atoms with E-state index in [0.717, 1.165) is 28.6 Å². The fourth-order valence-electron chi connectivity index (χ4n) is 3.73. The van der Waals surface area contributed by atoms with Crippen LogP contribution in [0.5, 0.6) is 0 Å². The maximum Gasteiger partial charge on any atom is 0.243 e. The second-order valence-electron chi connectivity index (χ2n) is 6.81. The van der Waals surface area contributed by atoms with E-state index >= 15 is 0 Å². The summed E-state index contributed by atoms with van der Waals surface area (Å²) in [6.07, 6.45) is 1.44. The molecule has 2 heterocycles. The lowest BCUT2D eigenvalue weighted by Crippen LogP contribution is -2.48. The number of hydrogen-bond donors (Lipinski definition) is 0. The predicted molar refractivity (Wildman–Crippen MR) is 104 cm³/mol. The average molecular weight is 455 g/mol. The zero-order valence-electron chi connectivity index (χ0n) is 14.6. The minimum Gasteiger partial charge on any atom is -0.356 e. The van der Waals surface area contributed by atoms with Crippen molar-refractivity contribution in [1.29, 1.82) is 0 Å². The molecule has 144 valence electrons. The fourth-order valence-corrected chi connectivity index (χ4v) is 5.60. The largest absolute Gasteiger partial charge is 0.356 e. The first-order valence-corrected chi connectivity index (χ1v) is 11.1. The van der Waals surface area contributed by atoms with E-state index < -0.39 is 15.8 Å². The van der Waals surface area contributed by atoms with Crippen molar-refractivity contribution in [3.63, 3.8) is 0 Å². The van der Waals surface area contributed by atoms with E-state index in [9.17, 15) is 12.8 Å². The van der Waals surface area contributed by atoms with Crippen LogP contribution in [-0.4, -0.2) is 38.6 Å². The lowest BCUT2D eigenvalue weighted by molar-refractivity contribution is 0.0987. The zero-order valence-corrected chi connectivity index (χ0v) is 17.0. The zero-order chi connectivity index (χ0) is 19.0. The lowest BCUT2D eigenvalue weighted by Gasteiger charge is -2.41. The molecule has 0 amide bonds. The molecule has 0 radical (unpaired) electrons. The lowest BCUT2D eigenvalue weighted by atomic mass is 10.0. The Labute approximate surface area is 166 Å². The van der Waals surface area contributed by atoms with Crippen molar-refractivity contribution in [2.45, 2.75) is 30.4 Å². The van der Waals surface area contributed by atoms with Gasteiger partial charge in [-0.15, -0.1) is 0 Å². The van der Waals surface area contributed by atoms with Crippen LogP contribution >= 0.6 is 15.9 Å². The van der Waals surface area contributed by atoms with Gasteiger partial charge < -0.3 is 9.64 Å². The van der Waals surface area contributed by atoms with Gasteiger partial charge in [-0.2, -0.15) is 4.31 Å². The Hall–Kier alpha value is -1.48. The fraction of sp³-hybridized carbons (Fsp3) is 0.368. The standard InChI is InChI=1S/C19H20BrFN2O3S/c20-15-1-6-19-14(11-15)12-26-13-23(19)17-7-9-22(10-8-17)27(24,25)18-4-2-16(21)3-5-18/h1-6,11,17H,7-10,12-13H2. The van der Waals surface area contributed by atoms with Gasteiger partial charge in [0.25, 0.3) is 0 Å². The SMILES string of the molecule is O=S(=O)(c1ccc(F)cc1)N1CCC(N2COCc3cc(Br)ccc32)CC1. The molecule has 0 N–H and O–H groups in total. The van der Waals surface area contributed by atoms with Gasteiger partial charge in [-0.1, -0.05) is 15.9 Å². The quantitative estimate of drug-likeness (QED) is 0.708. The smallest absolute Gasteiger partial charge is 0.243 e. The van der Waals surface area contributed by atoms with Crippen LogP contribution in [0.3, 0.4) is 0 Å². The number of anilines is 1. The molecule has 27 heavy (non-hydrogen) atoms. The van der Waals surface area contributed by atoms with Gasteiger partial charge in [0.1, 0.15) is 12.5 Å². The summed E-state index contributed by atoms with van der Waals surface area (Å²) in [5.74, 6) is -0.442. The second-order valence-corrected chi connectivity index (χ2v) is 9.66. The van der Waals surface area contributed by atoms with E-state index in [1.54, 1.807) is 0 Å². The maximum atomic E-state index is 13.1. The molecule has 2 aromatic rings. The van der Waals surface area contributed by atoms with Gasteiger partial charge >= 0.3 is 0 Å². The molecule has 4 rings (SSSR count). The summed E-state index contributed by atoms with van der Waals surface area (Å²) in [7, 11) is -3.59. The average Bonchev–Trinajstić information content (AvgIpc) is 2.68. The van der Waals surface area contributed by atoms with E-state index in [2.05, 4.69) is 33.0 Å². The van der Waals surface area contributed by atoms with Crippen molar-refractivity contribution >= 4 is 31.6 Å². The van der Waals surface area contributed by atoms with Crippen molar-refractivity contribution in [2.24, 2.45) is 0 Å². The van der Waals surface area contributed by atoms with E-state index in [0.29, 0.717) is 26.4 Å². The summed E-state index contributed by atoms with van der Waals surface area (Å²) in [5, 5.41) is 0. The van der Waals surface area contributed by atoms with E-state index in [4.69, 9.17) is 4.74 Å². The van der Waals surface area contributed by atoms with E-state index in [1.165, 1.54) is 28.6 Å². The molecule has 8 heteroatoms. The number of sulfonamides is 1. The molecule has 0 spiro atoms. The molecule has 2 aliphatic rings. The summed E-state index contributed by atoms with van der Waals surface area (Å²) in [5.41, 5.74) is 2.29. The monoisotopic (exact) mass is 454 g/mol.